The lowest BCUT2D eigenvalue weighted by Gasteiger charge is -2.49. The molecule has 1 N–H and O–H groups in total. The maximum Gasteiger partial charge on any atom is 0.261 e. The highest BCUT2D eigenvalue weighted by Crippen LogP contribution is 2.71. The van der Waals surface area contributed by atoms with Crippen LogP contribution in [0.2, 0.25) is 30.7 Å². The van der Waals surface area contributed by atoms with Crippen LogP contribution in [0, 0.1) is 29.1 Å². The van der Waals surface area contributed by atoms with Crippen LogP contribution in [0.15, 0.2) is 72.3 Å². The van der Waals surface area contributed by atoms with Gasteiger partial charge >= 0.3 is 0 Å². The second kappa shape index (κ2) is 14.1. The summed E-state index contributed by atoms with van der Waals surface area (Å²) < 4.78 is 20.3. The zero-order chi connectivity index (χ0) is 35.9. The molecule has 0 amide bonds. The van der Waals surface area contributed by atoms with E-state index in [9.17, 15) is 14.7 Å². The van der Waals surface area contributed by atoms with Gasteiger partial charge in [0, 0.05) is 33.4 Å². The van der Waals surface area contributed by atoms with Crippen LogP contribution in [0.5, 0.6) is 0 Å². The third-order valence-corrected chi connectivity index (χ3v) is 18.8. The van der Waals surface area contributed by atoms with Gasteiger partial charge < -0.3 is 23.8 Å². The normalized spacial score (nSPS) is 29.6. The fraction of sp³-hybridized carbons (Fsp3) is 0.610. The Labute approximate surface area is 297 Å². The van der Waals surface area contributed by atoms with Gasteiger partial charge in [0.15, 0.2) is 5.78 Å². The quantitative estimate of drug-likeness (QED) is 0.0739. The first kappa shape index (κ1) is 38.0. The number of aldehydes is 1. The van der Waals surface area contributed by atoms with Gasteiger partial charge in [-0.1, -0.05) is 128 Å². The van der Waals surface area contributed by atoms with Gasteiger partial charge in [-0.3, -0.25) is 4.79 Å². The van der Waals surface area contributed by atoms with Crippen molar-refractivity contribution >= 4 is 38.8 Å². The standard InChI is InChI=1S/C41H60O6Si2/c1-10-36(43)40(44)26-30(28-47-49(38(2,3)4,31-17-13-11-14-18-31)32-19-15-12-16-20-32)25-34-37-33(39(37,5)6)21-22-41(34,35(40)27-42)46-29-45-23-24-48(7,8)9/h11-20,25,27,33-35,37,44H,10,21-24,26,28-29H2,1-9H3/t33-,34+,35-,37-,40-,41-/m1/s1. The van der Waals surface area contributed by atoms with Crippen LogP contribution >= 0.6 is 0 Å². The average molecular weight is 705 g/mol. The molecule has 5 rings (SSSR count). The Morgan fingerprint density at radius 2 is 1.59 bits per heavy atom. The van der Waals surface area contributed by atoms with Crippen LogP contribution in [0.1, 0.15) is 67.2 Å². The smallest absolute Gasteiger partial charge is 0.261 e. The summed E-state index contributed by atoms with van der Waals surface area (Å²) in [4.78, 5) is 27.3. The van der Waals surface area contributed by atoms with Gasteiger partial charge in [-0.2, -0.15) is 0 Å². The van der Waals surface area contributed by atoms with E-state index in [-0.39, 0.29) is 54.3 Å². The molecule has 0 spiro atoms. The maximum atomic E-state index is 13.9. The number of ether oxygens (including phenoxy) is 2. The fourth-order valence-electron chi connectivity index (χ4n) is 9.40. The monoisotopic (exact) mass is 704 g/mol. The summed E-state index contributed by atoms with van der Waals surface area (Å²) in [6.45, 7) is 20.9. The molecule has 3 aliphatic carbocycles. The molecular weight excluding hydrogens is 645 g/mol. The van der Waals surface area contributed by atoms with E-state index in [1.165, 1.54) is 10.4 Å². The zero-order valence-electron chi connectivity index (χ0n) is 31.4. The zero-order valence-corrected chi connectivity index (χ0v) is 33.4. The van der Waals surface area contributed by atoms with E-state index in [1.807, 2.05) is 12.1 Å². The highest BCUT2D eigenvalue weighted by Gasteiger charge is 2.71. The highest BCUT2D eigenvalue weighted by molar-refractivity contribution is 6.99. The predicted molar refractivity (Wildman–Crippen MR) is 202 cm³/mol. The number of carbonyl (C=O) groups is 2. The molecule has 8 heteroatoms. The number of rotatable bonds is 14. The van der Waals surface area contributed by atoms with Gasteiger partial charge in [0.05, 0.1) is 18.1 Å². The molecule has 2 aromatic rings. The summed E-state index contributed by atoms with van der Waals surface area (Å²) in [5.74, 6) is -0.794. The Kier molecular flexibility index (Phi) is 10.9. The molecule has 0 heterocycles. The SMILES string of the molecule is CCC(=O)[C@@]1(O)CC(CO[Si](c2ccccc2)(c2ccccc2)C(C)(C)C)=C[C@H]2[C@H]3[C@@H](CC[C@]2(OCOCC[Si](C)(C)C)[C@@H]1C=O)C3(C)C. The predicted octanol–water partition coefficient (Wildman–Crippen LogP) is 7.17. The van der Waals surface area contributed by atoms with Crippen molar-refractivity contribution in [3.63, 3.8) is 0 Å². The topological polar surface area (TPSA) is 82.1 Å². The lowest BCUT2D eigenvalue weighted by atomic mass is 9.63. The van der Waals surface area contributed by atoms with Crippen molar-refractivity contribution < 1.29 is 28.6 Å². The van der Waals surface area contributed by atoms with Crippen LogP contribution in [-0.4, -0.2) is 64.8 Å². The Balaban J connectivity index is 1.61. The Hall–Kier alpha value is -2.21. The molecule has 0 saturated heterocycles. The van der Waals surface area contributed by atoms with Crippen molar-refractivity contribution in [2.24, 2.45) is 29.1 Å². The van der Waals surface area contributed by atoms with Crippen LogP contribution in [0.25, 0.3) is 0 Å². The molecule has 6 nitrogen and oxygen atoms in total. The fourth-order valence-corrected chi connectivity index (χ4v) is 14.7. The number of hydrogen-bond donors (Lipinski definition) is 1. The number of benzene rings is 2. The van der Waals surface area contributed by atoms with Gasteiger partial charge in [-0.25, -0.2) is 0 Å². The molecule has 0 aliphatic heterocycles. The number of hydrogen-bond acceptors (Lipinski definition) is 6. The number of fused-ring (bicyclic) bond motifs is 3. The minimum absolute atomic E-state index is 0.0290. The second-order valence-electron chi connectivity index (χ2n) is 17.7. The lowest BCUT2D eigenvalue weighted by molar-refractivity contribution is -0.219. The van der Waals surface area contributed by atoms with E-state index < -0.39 is 33.5 Å². The summed E-state index contributed by atoms with van der Waals surface area (Å²) in [5.41, 5.74) is -2.06. The maximum absolute atomic E-state index is 13.9. The van der Waals surface area contributed by atoms with Crippen molar-refractivity contribution in [1.82, 2.24) is 0 Å². The molecule has 2 saturated carbocycles. The number of carbonyl (C=O) groups excluding carboxylic acids is 2. The molecule has 0 aromatic heterocycles. The minimum Gasteiger partial charge on any atom is -0.403 e. The van der Waals surface area contributed by atoms with Gasteiger partial charge in [0.25, 0.3) is 8.32 Å². The van der Waals surface area contributed by atoms with E-state index >= 15 is 0 Å². The van der Waals surface area contributed by atoms with E-state index in [0.29, 0.717) is 18.9 Å². The van der Waals surface area contributed by atoms with Gasteiger partial charge in [0.2, 0.25) is 0 Å². The first-order chi connectivity index (χ1) is 23.0. The number of ketones is 1. The number of Topliss-reactive ketones (excluding diaryl/α,β-unsaturated/α-hetero) is 1. The molecule has 6 atom stereocenters. The van der Waals surface area contributed by atoms with Crippen molar-refractivity contribution in [2.45, 2.75) is 109 Å². The third kappa shape index (κ3) is 7.03. The van der Waals surface area contributed by atoms with Crippen LogP contribution in [-0.2, 0) is 23.5 Å². The Morgan fingerprint density at radius 1 is 1.00 bits per heavy atom. The largest absolute Gasteiger partial charge is 0.403 e. The molecule has 268 valence electrons. The van der Waals surface area contributed by atoms with Gasteiger partial charge in [-0.15, -0.1) is 0 Å². The number of aliphatic hydroxyl groups is 1. The molecule has 0 unspecified atom stereocenters. The van der Waals surface area contributed by atoms with Crippen molar-refractivity contribution in [3.8, 4) is 0 Å². The van der Waals surface area contributed by atoms with Crippen LogP contribution < -0.4 is 10.4 Å². The van der Waals surface area contributed by atoms with E-state index in [2.05, 4.69) is 109 Å². The Morgan fingerprint density at radius 3 is 2.10 bits per heavy atom. The summed E-state index contributed by atoms with van der Waals surface area (Å²) in [6.07, 6.45) is 4.69. The molecule has 2 fully saturated rings. The molecule has 0 radical (unpaired) electrons. The third-order valence-electron chi connectivity index (χ3n) is 12.1. The molecule has 49 heavy (non-hydrogen) atoms. The summed E-state index contributed by atoms with van der Waals surface area (Å²) in [7, 11) is -4.24. The first-order valence-electron chi connectivity index (χ1n) is 18.3. The second-order valence-corrected chi connectivity index (χ2v) is 27.6. The summed E-state index contributed by atoms with van der Waals surface area (Å²) in [6, 6.07) is 22.0. The summed E-state index contributed by atoms with van der Waals surface area (Å²) in [5, 5.41) is 14.7. The van der Waals surface area contributed by atoms with Crippen LogP contribution in [0.4, 0.5) is 0 Å². The van der Waals surface area contributed by atoms with Crippen molar-refractivity contribution in [3.05, 3.63) is 72.3 Å². The molecular formula is C41H60O6Si2. The minimum atomic E-state index is -2.92. The first-order valence-corrected chi connectivity index (χ1v) is 24.0. The summed E-state index contributed by atoms with van der Waals surface area (Å²) >= 11 is 0. The van der Waals surface area contributed by atoms with E-state index in [1.54, 1.807) is 6.92 Å². The molecule has 3 aliphatic rings. The molecule has 2 aromatic carbocycles. The lowest BCUT2D eigenvalue weighted by Crippen LogP contribution is -2.66. The molecule has 0 bridgehead atoms. The highest BCUT2D eigenvalue weighted by atomic mass is 28.4. The van der Waals surface area contributed by atoms with Gasteiger partial charge in [0.1, 0.15) is 18.7 Å². The van der Waals surface area contributed by atoms with Crippen LogP contribution in [0.3, 0.4) is 0 Å². The van der Waals surface area contributed by atoms with E-state index in [0.717, 1.165) is 24.3 Å². The van der Waals surface area contributed by atoms with Crippen molar-refractivity contribution in [1.29, 1.82) is 0 Å². The van der Waals surface area contributed by atoms with E-state index in [4.69, 9.17) is 13.9 Å². The Bertz CT molecular complexity index is 1450. The average Bonchev–Trinajstić information content (AvgIpc) is 3.64. The van der Waals surface area contributed by atoms with Gasteiger partial charge in [-0.05, 0) is 57.1 Å². The van der Waals surface area contributed by atoms with Crippen molar-refractivity contribution in [2.75, 3.05) is 20.0 Å².